The number of carbonyl (C=O) groups excluding carboxylic acids is 2. The molecule has 0 saturated heterocycles. The van der Waals surface area contributed by atoms with Gasteiger partial charge in [0.05, 0.1) is 5.57 Å². The third-order valence-corrected chi connectivity index (χ3v) is 4.18. The van der Waals surface area contributed by atoms with Crippen LogP contribution in [0.3, 0.4) is 0 Å². The third-order valence-electron chi connectivity index (χ3n) is 4.18. The maximum Gasteiger partial charge on any atom is 0.258 e. The highest BCUT2D eigenvalue weighted by atomic mass is 16.2. The lowest BCUT2D eigenvalue weighted by Gasteiger charge is -2.13. The Kier molecular flexibility index (Phi) is 4.77. The van der Waals surface area contributed by atoms with Gasteiger partial charge < -0.3 is 21.3 Å². The number of nitrogens with one attached hydrogen (secondary N) is 2. The number of anilines is 2. The normalized spacial score (nSPS) is 14.8. The molecule has 0 spiro atoms. The Morgan fingerprint density at radius 3 is 2.65 bits per heavy atom. The van der Waals surface area contributed by atoms with Crippen LogP contribution in [0.1, 0.15) is 28.4 Å². The Hall–Kier alpha value is -3.12. The van der Waals surface area contributed by atoms with E-state index in [0.717, 1.165) is 23.5 Å². The number of allylic oxidation sites excluding steroid dienone is 1. The van der Waals surface area contributed by atoms with E-state index in [9.17, 15) is 9.59 Å². The summed E-state index contributed by atoms with van der Waals surface area (Å²) in [4.78, 5) is 25.9. The molecule has 6 heteroatoms. The predicted octanol–water partition coefficient (Wildman–Crippen LogP) is 2.64. The summed E-state index contributed by atoms with van der Waals surface area (Å²) in [6.45, 7) is 2.70. The summed E-state index contributed by atoms with van der Waals surface area (Å²) in [5, 5.41) is 6.11. The standard InChI is InChI=1S/C20H22N4O2/c1-12(22-15-6-4-5-13(9-15)11-24(2)3)18-16-8-7-14(19(21)25)10-17(16)23-20(18)26/h4-10,22H,11H2,1-3H3,(H2,21,25)(H,23,26)/b18-12-. The molecule has 0 saturated carbocycles. The minimum Gasteiger partial charge on any atom is -0.366 e. The van der Waals surface area contributed by atoms with Gasteiger partial charge in [-0.1, -0.05) is 18.2 Å². The Morgan fingerprint density at radius 2 is 1.96 bits per heavy atom. The van der Waals surface area contributed by atoms with Gasteiger partial charge in [0, 0.05) is 34.7 Å². The van der Waals surface area contributed by atoms with E-state index in [4.69, 9.17) is 5.73 Å². The van der Waals surface area contributed by atoms with Crippen molar-refractivity contribution in [2.75, 3.05) is 24.7 Å². The smallest absolute Gasteiger partial charge is 0.258 e. The molecular formula is C20H22N4O2. The molecule has 1 aliphatic heterocycles. The van der Waals surface area contributed by atoms with Crippen molar-refractivity contribution in [2.45, 2.75) is 13.5 Å². The molecule has 26 heavy (non-hydrogen) atoms. The van der Waals surface area contributed by atoms with Crippen LogP contribution >= 0.6 is 0 Å². The highest BCUT2D eigenvalue weighted by molar-refractivity contribution is 6.32. The molecule has 0 bridgehead atoms. The van der Waals surface area contributed by atoms with Crippen LogP contribution in [0.25, 0.3) is 5.57 Å². The number of amides is 2. The quantitative estimate of drug-likeness (QED) is 0.724. The SMILES string of the molecule is C/C(Nc1cccc(CN(C)C)c1)=C1/C(=O)Nc2cc(C(N)=O)ccc21. The molecule has 2 aromatic carbocycles. The number of benzene rings is 2. The van der Waals surface area contributed by atoms with Crippen LogP contribution in [-0.2, 0) is 11.3 Å². The van der Waals surface area contributed by atoms with Crippen LogP contribution in [-0.4, -0.2) is 30.8 Å². The molecule has 3 rings (SSSR count). The zero-order valence-corrected chi connectivity index (χ0v) is 15.1. The first-order valence-electron chi connectivity index (χ1n) is 8.32. The average molecular weight is 350 g/mol. The number of nitrogens with two attached hydrogens (primary N) is 1. The van der Waals surface area contributed by atoms with Gasteiger partial charge in [0.2, 0.25) is 5.91 Å². The van der Waals surface area contributed by atoms with Crippen LogP contribution in [0.4, 0.5) is 11.4 Å². The highest BCUT2D eigenvalue weighted by Gasteiger charge is 2.27. The zero-order valence-electron chi connectivity index (χ0n) is 15.1. The van der Waals surface area contributed by atoms with E-state index in [1.807, 2.05) is 33.2 Å². The lowest BCUT2D eigenvalue weighted by atomic mass is 10.0. The summed E-state index contributed by atoms with van der Waals surface area (Å²) in [7, 11) is 4.04. The van der Waals surface area contributed by atoms with Crippen LogP contribution in [0.5, 0.6) is 0 Å². The van der Waals surface area contributed by atoms with E-state index in [1.54, 1.807) is 18.2 Å². The van der Waals surface area contributed by atoms with Crippen molar-refractivity contribution in [3.8, 4) is 0 Å². The molecule has 0 aliphatic carbocycles. The number of hydrogen-bond acceptors (Lipinski definition) is 4. The summed E-state index contributed by atoms with van der Waals surface area (Å²) >= 11 is 0. The van der Waals surface area contributed by atoms with Gasteiger partial charge in [0.15, 0.2) is 0 Å². The topological polar surface area (TPSA) is 87.5 Å². The molecule has 2 amide bonds. The van der Waals surface area contributed by atoms with Crippen LogP contribution in [0.15, 0.2) is 48.2 Å². The van der Waals surface area contributed by atoms with Crippen molar-refractivity contribution in [2.24, 2.45) is 5.73 Å². The lowest BCUT2D eigenvalue weighted by Crippen LogP contribution is -2.11. The molecule has 6 nitrogen and oxygen atoms in total. The molecule has 0 radical (unpaired) electrons. The molecule has 1 heterocycles. The minimum atomic E-state index is -0.521. The summed E-state index contributed by atoms with van der Waals surface area (Å²) < 4.78 is 0. The molecular weight excluding hydrogens is 328 g/mol. The van der Waals surface area contributed by atoms with E-state index in [0.29, 0.717) is 16.8 Å². The van der Waals surface area contributed by atoms with Crippen molar-refractivity contribution < 1.29 is 9.59 Å². The molecule has 0 aromatic heterocycles. The number of nitrogens with zero attached hydrogens (tertiary/aromatic N) is 1. The Morgan fingerprint density at radius 1 is 1.19 bits per heavy atom. The third kappa shape index (κ3) is 3.60. The molecule has 0 unspecified atom stereocenters. The first-order chi connectivity index (χ1) is 12.3. The second-order valence-electron chi connectivity index (χ2n) is 6.64. The Labute approximate surface area is 152 Å². The largest absolute Gasteiger partial charge is 0.366 e. The molecule has 1 aliphatic rings. The molecule has 4 N–H and O–H groups in total. The van der Waals surface area contributed by atoms with Gasteiger partial charge in [-0.25, -0.2) is 0 Å². The Bertz CT molecular complexity index is 916. The number of fused-ring (bicyclic) bond motifs is 1. The van der Waals surface area contributed by atoms with E-state index in [2.05, 4.69) is 27.7 Å². The summed E-state index contributed by atoms with van der Waals surface area (Å²) in [6.07, 6.45) is 0. The number of carbonyl (C=O) groups is 2. The number of rotatable bonds is 5. The van der Waals surface area contributed by atoms with Crippen molar-refractivity contribution in [3.05, 3.63) is 64.9 Å². The zero-order chi connectivity index (χ0) is 18.8. The van der Waals surface area contributed by atoms with Crippen molar-refractivity contribution >= 4 is 28.8 Å². The van der Waals surface area contributed by atoms with Gasteiger partial charge in [-0.05, 0) is 50.8 Å². The fourth-order valence-electron chi connectivity index (χ4n) is 3.09. The summed E-state index contributed by atoms with van der Waals surface area (Å²) in [6, 6.07) is 13.1. The Balaban J connectivity index is 1.92. The van der Waals surface area contributed by atoms with Crippen LogP contribution in [0, 0.1) is 0 Å². The summed E-state index contributed by atoms with van der Waals surface area (Å²) in [5.41, 5.74) is 10.4. The van der Waals surface area contributed by atoms with Crippen LogP contribution < -0.4 is 16.4 Å². The second-order valence-corrected chi connectivity index (χ2v) is 6.64. The monoisotopic (exact) mass is 350 g/mol. The van der Waals surface area contributed by atoms with Gasteiger partial charge in [-0.15, -0.1) is 0 Å². The predicted molar refractivity (Wildman–Crippen MR) is 104 cm³/mol. The van der Waals surface area contributed by atoms with Crippen molar-refractivity contribution in [1.29, 1.82) is 0 Å². The van der Waals surface area contributed by atoms with E-state index in [1.165, 1.54) is 5.56 Å². The molecule has 0 fully saturated rings. The highest BCUT2D eigenvalue weighted by Crippen LogP contribution is 2.34. The van der Waals surface area contributed by atoms with E-state index in [-0.39, 0.29) is 5.91 Å². The van der Waals surface area contributed by atoms with Gasteiger partial charge >= 0.3 is 0 Å². The van der Waals surface area contributed by atoms with Crippen molar-refractivity contribution in [1.82, 2.24) is 4.90 Å². The number of primary amides is 1. The fraction of sp³-hybridized carbons (Fsp3) is 0.200. The van der Waals surface area contributed by atoms with Gasteiger partial charge in [0.1, 0.15) is 0 Å². The van der Waals surface area contributed by atoms with Gasteiger partial charge in [-0.2, -0.15) is 0 Å². The molecule has 2 aromatic rings. The summed E-state index contributed by atoms with van der Waals surface area (Å²) in [5.74, 6) is -0.719. The molecule has 134 valence electrons. The van der Waals surface area contributed by atoms with Gasteiger partial charge in [-0.3, -0.25) is 9.59 Å². The van der Waals surface area contributed by atoms with E-state index >= 15 is 0 Å². The van der Waals surface area contributed by atoms with Gasteiger partial charge in [0.25, 0.3) is 5.91 Å². The maximum atomic E-state index is 12.4. The molecule has 0 atom stereocenters. The first kappa shape index (κ1) is 17.7. The van der Waals surface area contributed by atoms with Crippen LogP contribution in [0.2, 0.25) is 0 Å². The van der Waals surface area contributed by atoms with E-state index < -0.39 is 5.91 Å². The minimum absolute atomic E-state index is 0.198. The van der Waals surface area contributed by atoms with Crippen molar-refractivity contribution in [3.63, 3.8) is 0 Å². The maximum absolute atomic E-state index is 12.4. The number of hydrogen-bond donors (Lipinski definition) is 3. The fourth-order valence-corrected chi connectivity index (χ4v) is 3.09. The average Bonchev–Trinajstić information content (AvgIpc) is 2.89. The lowest BCUT2D eigenvalue weighted by molar-refractivity contribution is -0.110. The first-order valence-corrected chi connectivity index (χ1v) is 8.32. The second kappa shape index (κ2) is 7.01.